The highest BCUT2D eigenvalue weighted by Gasteiger charge is 2.22. The molecule has 0 atom stereocenters. The van der Waals surface area contributed by atoms with Gasteiger partial charge in [-0.25, -0.2) is 0 Å². The van der Waals surface area contributed by atoms with E-state index >= 15 is 0 Å². The third-order valence-corrected chi connectivity index (χ3v) is 4.59. The molecule has 7 heteroatoms. The minimum Gasteiger partial charge on any atom is -0.378 e. The van der Waals surface area contributed by atoms with Gasteiger partial charge in [0.05, 0.1) is 6.10 Å². The molecule has 0 radical (unpaired) electrons. The molecule has 3 N–H and O–H groups in total. The van der Waals surface area contributed by atoms with Crippen LogP contribution in [-0.4, -0.2) is 55.6 Å². The molecule has 1 aromatic heterocycles. The number of piperidine rings is 1. The highest BCUT2D eigenvalue weighted by atomic mass is 32.1. The molecule has 23 heavy (non-hydrogen) atoms. The van der Waals surface area contributed by atoms with Gasteiger partial charge in [-0.3, -0.25) is 9.59 Å². The number of nitrogens with two attached hydrogens (primary N) is 1. The number of nitrogens with one attached hydrogen (secondary N) is 1. The molecule has 0 saturated carbocycles. The maximum absolute atomic E-state index is 12.2. The van der Waals surface area contributed by atoms with Crippen molar-refractivity contribution in [2.45, 2.75) is 31.8 Å². The van der Waals surface area contributed by atoms with Gasteiger partial charge >= 0.3 is 0 Å². The van der Waals surface area contributed by atoms with Crippen molar-refractivity contribution in [1.82, 2.24) is 10.2 Å². The van der Waals surface area contributed by atoms with Gasteiger partial charge in [-0.05, 0) is 37.3 Å². The summed E-state index contributed by atoms with van der Waals surface area (Å²) < 4.78 is 5.73. The van der Waals surface area contributed by atoms with Crippen LogP contribution >= 0.6 is 11.3 Å². The number of nitrogens with zero attached hydrogens (tertiary/aromatic N) is 1. The number of rotatable bonds is 8. The van der Waals surface area contributed by atoms with Crippen LogP contribution in [0.2, 0.25) is 0 Å². The van der Waals surface area contributed by atoms with Crippen LogP contribution in [0.4, 0.5) is 0 Å². The Bertz CT molecular complexity index is 485. The molecule has 1 saturated heterocycles. The van der Waals surface area contributed by atoms with E-state index in [0.29, 0.717) is 31.7 Å². The predicted octanol–water partition coefficient (Wildman–Crippen LogP) is 1.22. The van der Waals surface area contributed by atoms with E-state index in [4.69, 9.17) is 10.5 Å². The van der Waals surface area contributed by atoms with E-state index in [1.165, 1.54) is 11.3 Å². The summed E-state index contributed by atoms with van der Waals surface area (Å²) in [5, 5.41) is 6.44. The molecule has 6 nitrogen and oxygen atoms in total. The number of hydrogen-bond acceptors (Lipinski definition) is 5. The van der Waals surface area contributed by atoms with Gasteiger partial charge in [-0.2, -0.15) is 11.3 Å². The van der Waals surface area contributed by atoms with E-state index < -0.39 is 0 Å². The van der Waals surface area contributed by atoms with Crippen LogP contribution < -0.4 is 11.1 Å². The molecule has 0 spiro atoms. The lowest BCUT2D eigenvalue weighted by Crippen LogP contribution is -2.42. The van der Waals surface area contributed by atoms with Gasteiger partial charge in [0, 0.05) is 43.6 Å². The van der Waals surface area contributed by atoms with Crippen LogP contribution in [0.5, 0.6) is 0 Å². The third kappa shape index (κ3) is 5.93. The summed E-state index contributed by atoms with van der Waals surface area (Å²) in [6.45, 7) is 3.17. The van der Waals surface area contributed by atoms with Gasteiger partial charge in [-0.15, -0.1) is 0 Å². The summed E-state index contributed by atoms with van der Waals surface area (Å²) >= 11 is 1.48. The van der Waals surface area contributed by atoms with Crippen LogP contribution in [0.25, 0.3) is 0 Å². The zero-order valence-electron chi connectivity index (χ0n) is 13.3. The molecule has 1 aromatic rings. The van der Waals surface area contributed by atoms with E-state index in [-0.39, 0.29) is 17.9 Å². The first kappa shape index (κ1) is 17.9. The predicted molar refractivity (Wildman–Crippen MR) is 90.5 cm³/mol. The normalized spacial score (nSPS) is 15.6. The average Bonchev–Trinajstić information content (AvgIpc) is 3.10. The van der Waals surface area contributed by atoms with Crippen LogP contribution in [0.15, 0.2) is 16.8 Å². The lowest BCUT2D eigenvalue weighted by Gasteiger charge is -2.32. The molecular formula is C16H25N3O3S. The van der Waals surface area contributed by atoms with Crippen LogP contribution in [0, 0.1) is 0 Å². The fraction of sp³-hybridized carbons (Fsp3) is 0.625. The number of likely N-dealkylation sites (tertiary alicyclic amines) is 1. The Morgan fingerprint density at radius 3 is 2.83 bits per heavy atom. The lowest BCUT2D eigenvalue weighted by molar-refractivity contribution is -0.133. The first-order valence-electron chi connectivity index (χ1n) is 8.10. The molecule has 1 fully saturated rings. The second kappa shape index (κ2) is 9.64. The Kier molecular flexibility index (Phi) is 7.51. The van der Waals surface area contributed by atoms with Crippen LogP contribution in [-0.2, 0) is 9.53 Å². The monoisotopic (exact) mass is 339 g/mol. The maximum Gasteiger partial charge on any atom is 0.252 e. The van der Waals surface area contributed by atoms with Crippen molar-refractivity contribution >= 4 is 23.2 Å². The molecule has 0 unspecified atom stereocenters. The zero-order chi connectivity index (χ0) is 16.5. The molecule has 1 aliphatic rings. The van der Waals surface area contributed by atoms with Gasteiger partial charge in [0.25, 0.3) is 5.91 Å². The number of ether oxygens (including phenoxy) is 1. The van der Waals surface area contributed by atoms with E-state index in [2.05, 4.69) is 5.32 Å². The number of carbonyl (C=O) groups is 2. The molecule has 1 aliphatic heterocycles. The molecule has 0 aromatic carbocycles. The van der Waals surface area contributed by atoms with Crippen molar-refractivity contribution in [3.05, 3.63) is 22.4 Å². The van der Waals surface area contributed by atoms with Gasteiger partial charge in [0.15, 0.2) is 0 Å². The minimum atomic E-state index is -0.119. The molecule has 0 bridgehead atoms. The largest absolute Gasteiger partial charge is 0.378 e. The van der Waals surface area contributed by atoms with Gasteiger partial charge in [0.2, 0.25) is 5.91 Å². The Morgan fingerprint density at radius 1 is 1.39 bits per heavy atom. The number of hydrogen-bond donors (Lipinski definition) is 2. The summed E-state index contributed by atoms with van der Waals surface area (Å²) in [6.07, 6.45) is 3.20. The number of amides is 2. The van der Waals surface area contributed by atoms with Crippen LogP contribution in [0.3, 0.4) is 0 Å². The summed E-state index contributed by atoms with van der Waals surface area (Å²) in [5.41, 5.74) is 6.09. The van der Waals surface area contributed by atoms with E-state index in [1.54, 1.807) is 11.4 Å². The first-order valence-corrected chi connectivity index (χ1v) is 9.05. The van der Waals surface area contributed by atoms with E-state index in [9.17, 15) is 9.59 Å². The van der Waals surface area contributed by atoms with Crippen molar-refractivity contribution in [2.75, 3.05) is 32.8 Å². The van der Waals surface area contributed by atoms with Crippen molar-refractivity contribution in [3.63, 3.8) is 0 Å². The topological polar surface area (TPSA) is 84.7 Å². The second-order valence-electron chi connectivity index (χ2n) is 5.61. The summed E-state index contributed by atoms with van der Waals surface area (Å²) in [6, 6.07) is 1.78. The lowest BCUT2D eigenvalue weighted by atomic mass is 10.1. The van der Waals surface area contributed by atoms with E-state index in [1.807, 2.05) is 10.3 Å². The van der Waals surface area contributed by atoms with Gasteiger partial charge in [-0.1, -0.05) is 0 Å². The quantitative estimate of drug-likeness (QED) is 0.698. The zero-order valence-corrected chi connectivity index (χ0v) is 14.1. The Labute approximate surface area is 141 Å². The molecule has 2 amide bonds. The second-order valence-corrected chi connectivity index (χ2v) is 6.39. The maximum atomic E-state index is 12.2. The molecule has 2 heterocycles. The summed E-state index contributed by atoms with van der Waals surface area (Å²) in [7, 11) is 0. The van der Waals surface area contributed by atoms with Crippen LogP contribution in [0.1, 0.15) is 36.0 Å². The molecule has 128 valence electrons. The highest BCUT2D eigenvalue weighted by molar-refractivity contribution is 7.08. The summed E-state index contributed by atoms with van der Waals surface area (Å²) in [4.78, 5) is 25.8. The molecule has 0 aliphatic carbocycles. The smallest absolute Gasteiger partial charge is 0.252 e. The third-order valence-electron chi connectivity index (χ3n) is 3.90. The first-order chi connectivity index (χ1) is 11.2. The fourth-order valence-electron chi connectivity index (χ4n) is 2.54. The van der Waals surface area contributed by atoms with Crippen molar-refractivity contribution in [2.24, 2.45) is 5.73 Å². The molecule has 2 rings (SSSR count). The Morgan fingerprint density at radius 2 is 2.17 bits per heavy atom. The SMILES string of the molecule is NCCCOC1CCN(C(=O)CCNC(=O)c2ccsc2)CC1. The standard InChI is InChI=1S/C16H25N3O3S/c17-6-1-10-22-14-3-8-19(9-4-14)15(20)2-7-18-16(21)13-5-11-23-12-13/h5,11-12,14H,1-4,6-10,17H2,(H,18,21). The van der Waals surface area contributed by atoms with Crippen molar-refractivity contribution in [1.29, 1.82) is 0 Å². The van der Waals surface area contributed by atoms with Crippen molar-refractivity contribution in [3.8, 4) is 0 Å². The van der Waals surface area contributed by atoms with Gasteiger partial charge < -0.3 is 20.7 Å². The Hall–Kier alpha value is -1.44. The number of thiophene rings is 1. The summed E-state index contributed by atoms with van der Waals surface area (Å²) in [5.74, 6) is -0.0258. The highest BCUT2D eigenvalue weighted by Crippen LogP contribution is 2.14. The fourth-order valence-corrected chi connectivity index (χ4v) is 3.18. The van der Waals surface area contributed by atoms with Crippen molar-refractivity contribution < 1.29 is 14.3 Å². The number of carbonyl (C=O) groups excluding carboxylic acids is 2. The molecular weight excluding hydrogens is 314 g/mol. The van der Waals surface area contributed by atoms with E-state index in [0.717, 1.165) is 32.4 Å². The average molecular weight is 339 g/mol. The van der Waals surface area contributed by atoms with Gasteiger partial charge in [0.1, 0.15) is 0 Å². The minimum absolute atomic E-state index is 0.0935. The Balaban J connectivity index is 1.60.